The predicted octanol–water partition coefficient (Wildman–Crippen LogP) is 2.64. The number of nitrogens with zero attached hydrogens (tertiary/aromatic N) is 2. The molecule has 1 aliphatic rings. The third-order valence-corrected chi connectivity index (χ3v) is 4.94. The van der Waals surface area contributed by atoms with Gasteiger partial charge < -0.3 is 10.6 Å². The molecular weight excluding hydrogens is 284 g/mol. The molecule has 0 amide bonds. The van der Waals surface area contributed by atoms with Crippen LogP contribution in [0.4, 0.5) is 0 Å². The van der Waals surface area contributed by atoms with E-state index < -0.39 is 0 Å². The molecule has 0 aliphatic carbocycles. The maximum Gasteiger partial charge on any atom is 0.191 e. The van der Waals surface area contributed by atoms with Gasteiger partial charge in [-0.2, -0.15) is 0 Å². The van der Waals surface area contributed by atoms with Crippen LogP contribution in [0.1, 0.15) is 38.8 Å². The maximum absolute atomic E-state index is 4.34. The van der Waals surface area contributed by atoms with Gasteiger partial charge in [0.15, 0.2) is 5.96 Å². The Balaban J connectivity index is 1.84. The Bertz CT molecular complexity index is 524. The van der Waals surface area contributed by atoms with Crippen molar-refractivity contribution in [1.29, 1.82) is 0 Å². The van der Waals surface area contributed by atoms with E-state index in [1.54, 1.807) is 0 Å². The van der Waals surface area contributed by atoms with Gasteiger partial charge >= 0.3 is 0 Å². The summed E-state index contributed by atoms with van der Waals surface area (Å²) < 4.78 is 0. The third kappa shape index (κ3) is 4.96. The molecule has 4 nitrogen and oxygen atoms in total. The first-order chi connectivity index (χ1) is 11.0. The van der Waals surface area contributed by atoms with Crippen molar-refractivity contribution in [2.75, 3.05) is 20.1 Å². The summed E-state index contributed by atoms with van der Waals surface area (Å²) >= 11 is 0. The van der Waals surface area contributed by atoms with Gasteiger partial charge in [-0.05, 0) is 37.3 Å². The highest BCUT2D eigenvalue weighted by Gasteiger charge is 2.20. The molecule has 23 heavy (non-hydrogen) atoms. The fourth-order valence-corrected chi connectivity index (χ4v) is 2.84. The summed E-state index contributed by atoms with van der Waals surface area (Å²) in [6.07, 6.45) is 1.15. The lowest BCUT2D eigenvalue weighted by atomic mass is 9.99. The zero-order valence-electron chi connectivity index (χ0n) is 15.3. The van der Waals surface area contributed by atoms with Gasteiger partial charge in [-0.25, -0.2) is 0 Å². The second-order valence-corrected chi connectivity index (χ2v) is 6.97. The highest BCUT2D eigenvalue weighted by Crippen LogP contribution is 2.19. The number of guanidine groups is 1. The Morgan fingerprint density at radius 3 is 2.52 bits per heavy atom. The first-order valence-electron chi connectivity index (χ1n) is 8.79. The molecule has 0 aromatic heterocycles. The molecule has 0 saturated carbocycles. The van der Waals surface area contributed by atoms with Crippen molar-refractivity contribution < 1.29 is 0 Å². The third-order valence-electron chi connectivity index (χ3n) is 4.94. The zero-order chi connectivity index (χ0) is 16.8. The van der Waals surface area contributed by atoms with Gasteiger partial charge in [-0.15, -0.1) is 0 Å². The summed E-state index contributed by atoms with van der Waals surface area (Å²) in [5.74, 6) is 1.49. The lowest BCUT2D eigenvalue weighted by Crippen LogP contribution is -2.49. The van der Waals surface area contributed by atoms with Gasteiger partial charge in [0.05, 0.1) is 0 Å². The van der Waals surface area contributed by atoms with Crippen LogP contribution >= 0.6 is 0 Å². The van der Waals surface area contributed by atoms with Crippen molar-refractivity contribution in [1.82, 2.24) is 15.5 Å². The molecule has 1 aliphatic heterocycles. The van der Waals surface area contributed by atoms with Crippen LogP contribution in [0, 0.1) is 5.92 Å². The molecule has 0 bridgehead atoms. The van der Waals surface area contributed by atoms with Crippen molar-refractivity contribution in [3.8, 4) is 0 Å². The maximum atomic E-state index is 4.34. The van der Waals surface area contributed by atoms with Gasteiger partial charge in [0, 0.05) is 38.8 Å². The van der Waals surface area contributed by atoms with E-state index in [1.807, 2.05) is 7.05 Å². The summed E-state index contributed by atoms with van der Waals surface area (Å²) in [5.41, 5.74) is 2.98. The van der Waals surface area contributed by atoms with Crippen LogP contribution in [-0.2, 0) is 13.0 Å². The number of aliphatic imine (C=N–C) groups is 1. The minimum atomic E-state index is 0.415. The monoisotopic (exact) mass is 316 g/mol. The van der Waals surface area contributed by atoms with Crippen LogP contribution in [0.25, 0.3) is 0 Å². The summed E-state index contributed by atoms with van der Waals surface area (Å²) in [6, 6.07) is 9.70. The smallest absolute Gasteiger partial charge is 0.191 e. The van der Waals surface area contributed by atoms with E-state index in [-0.39, 0.29) is 0 Å². The Labute approximate surface area is 141 Å². The molecule has 2 atom stereocenters. The number of nitrogens with one attached hydrogen (secondary N) is 2. The summed E-state index contributed by atoms with van der Waals surface area (Å²) in [7, 11) is 1.84. The highest BCUT2D eigenvalue weighted by atomic mass is 15.2. The number of fused-ring (bicyclic) bond motifs is 1. The average molecular weight is 316 g/mol. The quantitative estimate of drug-likeness (QED) is 0.648. The lowest BCUT2D eigenvalue weighted by Gasteiger charge is -2.34. The number of hydrogen-bond donors (Lipinski definition) is 2. The SMILES string of the molecule is CN=C(NCC(C)N1CCc2ccccc2C1)NC(C)C(C)C. The standard InChI is InChI=1S/C19H32N4/c1-14(2)16(4)22-19(20-5)21-12-15(3)23-11-10-17-8-6-7-9-18(17)13-23/h6-9,14-16H,10-13H2,1-5H3,(H2,20,21,22). The highest BCUT2D eigenvalue weighted by molar-refractivity contribution is 5.79. The lowest BCUT2D eigenvalue weighted by molar-refractivity contribution is 0.191. The minimum absolute atomic E-state index is 0.415. The second kappa shape index (κ2) is 8.34. The summed E-state index contributed by atoms with van der Waals surface area (Å²) in [5, 5.41) is 6.93. The normalized spacial score (nSPS) is 18.4. The van der Waals surface area contributed by atoms with E-state index in [0.717, 1.165) is 32.0 Å². The topological polar surface area (TPSA) is 39.7 Å². The van der Waals surface area contributed by atoms with E-state index in [2.05, 4.69) is 72.5 Å². The van der Waals surface area contributed by atoms with E-state index >= 15 is 0 Å². The summed E-state index contributed by atoms with van der Waals surface area (Å²) in [4.78, 5) is 6.89. The van der Waals surface area contributed by atoms with Crippen LogP contribution in [0.2, 0.25) is 0 Å². The second-order valence-electron chi connectivity index (χ2n) is 6.97. The minimum Gasteiger partial charge on any atom is -0.355 e. The van der Waals surface area contributed by atoms with Crippen LogP contribution in [0.3, 0.4) is 0 Å². The van der Waals surface area contributed by atoms with Crippen molar-refractivity contribution in [2.45, 2.75) is 52.7 Å². The Morgan fingerprint density at radius 2 is 1.87 bits per heavy atom. The number of rotatable bonds is 5. The molecule has 2 unspecified atom stereocenters. The van der Waals surface area contributed by atoms with Gasteiger partial charge in [0.2, 0.25) is 0 Å². The molecule has 0 spiro atoms. The molecule has 128 valence electrons. The Morgan fingerprint density at radius 1 is 1.17 bits per heavy atom. The van der Waals surface area contributed by atoms with Gasteiger partial charge in [-0.3, -0.25) is 9.89 Å². The zero-order valence-corrected chi connectivity index (χ0v) is 15.3. The van der Waals surface area contributed by atoms with Gasteiger partial charge in [-0.1, -0.05) is 38.1 Å². The van der Waals surface area contributed by atoms with Crippen molar-refractivity contribution in [3.05, 3.63) is 35.4 Å². The number of hydrogen-bond acceptors (Lipinski definition) is 2. The molecule has 2 rings (SSSR count). The molecule has 1 aromatic carbocycles. The van der Waals surface area contributed by atoms with Crippen molar-refractivity contribution in [2.24, 2.45) is 10.9 Å². The van der Waals surface area contributed by atoms with Crippen LogP contribution < -0.4 is 10.6 Å². The molecule has 0 saturated heterocycles. The fourth-order valence-electron chi connectivity index (χ4n) is 2.84. The molecule has 2 N–H and O–H groups in total. The van der Waals surface area contributed by atoms with Crippen LogP contribution in [0.15, 0.2) is 29.3 Å². The van der Waals surface area contributed by atoms with E-state index in [0.29, 0.717) is 18.0 Å². The largest absolute Gasteiger partial charge is 0.355 e. The molecular formula is C19H32N4. The average Bonchev–Trinajstić information content (AvgIpc) is 2.57. The molecule has 0 fully saturated rings. The fraction of sp³-hybridized carbons (Fsp3) is 0.632. The van der Waals surface area contributed by atoms with Crippen LogP contribution in [0.5, 0.6) is 0 Å². The Hall–Kier alpha value is -1.55. The molecule has 0 radical (unpaired) electrons. The summed E-state index contributed by atoms with van der Waals surface area (Å²) in [6.45, 7) is 12.0. The first kappa shape index (κ1) is 17.8. The Kier molecular flexibility index (Phi) is 6.46. The first-order valence-corrected chi connectivity index (χ1v) is 8.79. The van der Waals surface area contributed by atoms with E-state index in [9.17, 15) is 0 Å². The molecule has 1 heterocycles. The van der Waals surface area contributed by atoms with Crippen molar-refractivity contribution in [3.63, 3.8) is 0 Å². The molecule has 1 aromatic rings. The molecule has 4 heteroatoms. The van der Waals surface area contributed by atoms with E-state index in [1.165, 1.54) is 11.1 Å². The van der Waals surface area contributed by atoms with Crippen molar-refractivity contribution >= 4 is 5.96 Å². The van der Waals surface area contributed by atoms with Gasteiger partial charge in [0.1, 0.15) is 0 Å². The van der Waals surface area contributed by atoms with E-state index in [4.69, 9.17) is 0 Å². The van der Waals surface area contributed by atoms with Crippen LogP contribution in [-0.4, -0.2) is 43.1 Å². The number of benzene rings is 1. The predicted molar refractivity (Wildman–Crippen MR) is 98.8 cm³/mol. The van der Waals surface area contributed by atoms with Gasteiger partial charge in [0.25, 0.3) is 0 Å².